The summed E-state index contributed by atoms with van der Waals surface area (Å²) in [5, 5.41) is 6.56. The van der Waals surface area contributed by atoms with Gasteiger partial charge in [-0.25, -0.2) is 13.4 Å². The maximum absolute atomic E-state index is 11.8. The molecule has 7 nitrogen and oxygen atoms in total. The smallest absolute Gasteiger partial charge is 0.231 e. The van der Waals surface area contributed by atoms with Gasteiger partial charge >= 0.3 is 0 Å². The molecule has 1 heterocycles. The Morgan fingerprint density at radius 3 is 2.55 bits per heavy atom. The van der Waals surface area contributed by atoms with Crippen LogP contribution in [0.15, 0.2) is 46.3 Å². The van der Waals surface area contributed by atoms with E-state index in [0.717, 1.165) is 53.7 Å². The summed E-state index contributed by atoms with van der Waals surface area (Å²) >= 11 is 0. The number of guanidine groups is 1. The van der Waals surface area contributed by atoms with E-state index in [9.17, 15) is 8.42 Å². The first-order valence-electron chi connectivity index (χ1n) is 9.57. The lowest BCUT2D eigenvalue weighted by molar-refractivity contribution is 0.174. The second kappa shape index (κ2) is 9.17. The summed E-state index contributed by atoms with van der Waals surface area (Å²) in [4.78, 5) is 4.97. The third-order valence-electron chi connectivity index (χ3n) is 4.55. The monoisotopic (exact) mass is 417 g/mol. The predicted molar refractivity (Wildman–Crippen MR) is 113 cm³/mol. The van der Waals surface area contributed by atoms with Crippen LogP contribution in [0.25, 0.3) is 0 Å². The van der Waals surface area contributed by atoms with Gasteiger partial charge in [0.1, 0.15) is 0 Å². The molecule has 8 heteroatoms. The summed E-state index contributed by atoms with van der Waals surface area (Å²) in [6.07, 6.45) is 2.05. The van der Waals surface area contributed by atoms with Crippen LogP contribution in [0.3, 0.4) is 0 Å². The molecule has 0 saturated carbocycles. The molecule has 0 unspecified atom stereocenters. The maximum atomic E-state index is 11.8. The molecule has 0 aromatic heterocycles. The molecule has 2 N–H and O–H groups in total. The predicted octanol–water partition coefficient (Wildman–Crippen LogP) is 2.43. The van der Waals surface area contributed by atoms with Gasteiger partial charge in [0.15, 0.2) is 27.3 Å². The second-order valence-electron chi connectivity index (χ2n) is 6.93. The number of nitrogens with zero attached hydrogens (tertiary/aromatic N) is 1. The average molecular weight is 418 g/mol. The van der Waals surface area contributed by atoms with Gasteiger partial charge in [0.05, 0.1) is 11.4 Å². The van der Waals surface area contributed by atoms with Gasteiger partial charge in [-0.3, -0.25) is 0 Å². The van der Waals surface area contributed by atoms with E-state index >= 15 is 0 Å². The fraction of sp³-hybridized carbons (Fsp3) is 0.381. The number of sulfone groups is 1. The van der Waals surface area contributed by atoms with Gasteiger partial charge in [-0.15, -0.1) is 0 Å². The van der Waals surface area contributed by atoms with Crippen molar-refractivity contribution in [1.29, 1.82) is 0 Å². The van der Waals surface area contributed by atoms with Crippen LogP contribution in [0, 0.1) is 6.92 Å². The third-order valence-corrected chi connectivity index (χ3v) is 5.80. The number of fused-ring (bicyclic) bond motifs is 1. The number of aliphatic imine (C=N–C) groups is 1. The topological polar surface area (TPSA) is 89.0 Å². The van der Waals surface area contributed by atoms with Crippen LogP contribution in [0.4, 0.5) is 0 Å². The molecule has 2 aromatic rings. The van der Waals surface area contributed by atoms with E-state index < -0.39 is 9.84 Å². The summed E-state index contributed by atoms with van der Waals surface area (Å²) in [7, 11) is -3.21. The highest BCUT2D eigenvalue weighted by Gasteiger charge is 2.13. The van der Waals surface area contributed by atoms with E-state index in [0.29, 0.717) is 11.4 Å². The Morgan fingerprint density at radius 1 is 1.07 bits per heavy atom. The van der Waals surface area contributed by atoms with Crippen LogP contribution < -0.4 is 20.1 Å². The largest absolute Gasteiger partial charge is 0.454 e. The zero-order chi connectivity index (χ0) is 20.9. The van der Waals surface area contributed by atoms with E-state index in [2.05, 4.69) is 15.6 Å². The van der Waals surface area contributed by atoms with Crippen molar-refractivity contribution in [3.63, 3.8) is 0 Å². The number of hydrogen-bond acceptors (Lipinski definition) is 5. The summed E-state index contributed by atoms with van der Waals surface area (Å²) in [5.41, 5.74) is 2.86. The van der Waals surface area contributed by atoms with Crippen LogP contribution in [-0.2, 0) is 22.8 Å². The standard InChI is InChI=1S/C21H27N3O4S/c1-4-22-21(23-10-9-16-5-7-18-19(12-16)28-14-27-18)24-13-17-6-8-20(15(2)11-17)29(3,25)26/h5-8,11-12H,4,9-10,13-14H2,1-3H3,(H2,22,23,24). The molecule has 1 aliphatic heterocycles. The molecule has 2 aromatic carbocycles. The number of benzene rings is 2. The highest BCUT2D eigenvalue weighted by molar-refractivity contribution is 7.90. The lowest BCUT2D eigenvalue weighted by Crippen LogP contribution is -2.38. The van der Waals surface area contributed by atoms with Gasteiger partial charge < -0.3 is 20.1 Å². The molecule has 0 fully saturated rings. The fourth-order valence-electron chi connectivity index (χ4n) is 3.16. The zero-order valence-electron chi connectivity index (χ0n) is 17.0. The molecule has 0 amide bonds. The number of rotatable bonds is 7. The maximum Gasteiger partial charge on any atom is 0.231 e. The molecule has 0 radical (unpaired) electrons. The minimum Gasteiger partial charge on any atom is -0.454 e. The Morgan fingerprint density at radius 2 is 1.83 bits per heavy atom. The SMILES string of the molecule is CCNC(=NCc1ccc(S(C)(=O)=O)c(C)c1)NCCc1ccc2c(c1)OCO2. The summed E-state index contributed by atoms with van der Waals surface area (Å²) in [5.74, 6) is 2.29. The fourth-order valence-corrected chi connectivity index (χ4v) is 4.12. The molecule has 0 bridgehead atoms. The highest BCUT2D eigenvalue weighted by Crippen LogP contribution is 2.32. The van der Waals surface area contributed by atoms with E-state index in [1.54, 1.807) is 13.0 Å². The zero-order valence-corrected chi connectivity index (χ0v) is 17.8. The van der Waals surface area contributed by atoms with E-state index in [1.165, 1.54) is 6.26 Å². The summed E-state index contributed by atoms with van der Waals surface area (Å²) in [6.45, 7) is 6.03. The molecular weight excluding hydrogens is 390 g/mol. The van der Waals surface area contributed by atoms with Crippen molar-refractivity contribution >= 4 is 15.8 Å². The van der Waals surface area contributed by atoms with Crippen LogP contribution in [0.2, 0.25) is 0 Å². The molecule has 0 atom stereocenters. The first-order chi connectivity index (χ1) is 13.9. The molecule has 29 heavy (non-hydrogen) atoms. The van der Waals surface area contributed by atoms with Crippen molar-refractivity contribution in [3.05, 3.63) is 53.1 Å². The molecule has 0 saturated heterocycles. The number of ether oxygens (including phenoxy) is 2. The Bertz CT molecular complexity index is 1000. The molecule has 3 rings (SSSR count). The summed E-state index contributed by atoms with van der Waals surface area (Å²) < 4.78 is 34.3. The minimum atomic E-state index is -3.21. The van der Waals surface area contributed by atoms with Crippen molar-refractivity contribution in [2.45, 2.75) is 31.7 Å². The number of aryl methyl sites for hydroxylation is 1. The Balaban J connectivity index is 1.59. The van der Waals surface area contributed by atoms with E-state index in [1.807, 2.05) is 37.3 Å². The van der Waals surface area contributed by atoms with Crippen molar-refractivity contribution in [2.24, 2.45) is 4.99 Å². The molecule has 156 valence electrons. The van der Waals surface area contributed by atoms with Gasteiger partial charge in [-0.2, -0.15) is 0 Å². The van der Waals surface area contributed by atoms with Crippen molar-refractivity contribution in [2.75, 3.05) is 26.1 Å². The minimum absolute atomic E-state index is 0.277. The van der Waals surface area contributed by atoms with Crippen molar-refractivity contribution in [1.82, 2.24) is 10.6 Å². The quantitative estimate of drug-likeness (QED) is 0.531. The van der Waals surface area contributed by atoms with Crippen molar-refractivity contribution < 1.29 is 17.9 Å². The lowest BCUT2D eigenvalue weighted by atomic mass is 10.1. The Kier molecular flexibility index (Phi) is 6.64. The van der Waals surface area contributed by atoms with Crippen LogP contribution >= 0.6 is 0 Å². The van der Waals surface area contributed by atoms with Crippen LogP contribution in [-0.4, -0.2) is 40.5 Å². The first kappa shape index (κ1) is 21.0. The first-order valence-corrected chi connectivity index (χ1v) is 11.5. The lowest BCUT2D eigenvalue weighted by Gasteiger charge is -2.12. The number of hydrogen-bond donors (Lipinski definition) is 2. The van der Waals surface area contributed by atoms with Gasteiger partial charge in [0.2, 0.25) is 6.79 Å². The molecule has 0 spiro atoms. The second-order valence-corrected chi connectivity index (χ2v) is 8.92. The Hall–Kier alpha value is -2.74. The van der Waals surface area contributed by atoms with E-state index in [4.69, 9.17) is 9.47 Å². The summed E-state index contributed by atoms with van der Waals surface area (Å²) in [6, 6.07) is 11.3. The third kappa shape index (κ3) is 5.63. The van der Waals surface area contributed by atoms with Crippen LogP contribution in [0.1, 0.15) is 23.6 Å². The molecular formula is C21H27N3O4S. The Labute approximate surface area is 172 Å². The highest BCUT2D eigenvalue weighted by atomic mass is 32.2. The normalized spacial score (nSPS) is 13.4. The van der Waals surface area contributed by atoms with Crippen LogP contribution in [0.5, 0.6) is 11.5 Å². The average Bonchev–Trinajstić information content (AvgIpc) is 3.13. The van der Waals surface area contributed by atoms with Gasteiger partial charge in [0.25, 0.3) is 0 Å². The van der Waals surface area contributed by atoms with Gasteiger partial charge in [0, 0.05) is 19.3 Å². The molecule has 0 aliphatic carbocycles. The molecule has 1 aliphatic rings. The van der Waals surface area contributed by atoms with Gasteiger partial charge in [-0.05, 0) is 55.2 Å². The number of nitrogens with one attached hydrogen (secondary N) is 2. The van der Waals surface area contributed by atoms with Gasteiger partial charge in [-0.1, -0.05) is 18.2 Å². The van der Waals surface area contributed by atoms with Crippen molar-refractivity contribution in [3.8, 4) is 11.5 Å². The van der Waals surface area contributed by atoms with E-state index in [-0.39, 0.29) is 6.79 Å².